The molecule has 0 aliphatic rings. The van der Waals surface area contributed by atoms with Gasteiger partial charge in [0.25, 0.3) is 5.91 Å². The Balaban J connectivity index is 2.20. The van der Waals surface area contributed by atoms with Gasteiger partial charge >= 0.3 is 0 Å². The predicted octanol–water partition coefficient (Wildman–Crippen LogP) is 1.39. The second-order valence-electron chi connectivity index (χ2n) is 3.56. The van der Waals surface area contributed by atoms with Crippen molar-refractivity contribution in [2.75, 3.05) is 11.1 Å². The van der Waals surface area contributed by atoms with Crippen molar-refractivity contribution < 1.29 is 9.18 Å². The predicted molar refractivity (Wildman–Crippen MR) is 62.0 cm³/mol. The summed E-state index contributed by atoms with van der Waals surface area (Å²) >= 11 is 0. The topological polar surface area (TPSA) is 72.9 Å². The van der Waals surface area contributed by atoms with Crippen molar-refractivity contribution in [3.05, 3.63) is 41.8 Å². The monoisotopic (exact) mass is 234 g/mol. The van der Waals surface area contributed by atoms with Crippen molar-refractivity contribution in [3.63, 3.8) is 0 Å². The molecule has 0 atom stereocenters. The summed E-state index contributed by atoms with van der Waals surface area (Å²) in [5, 5.41) is 6.56. The number of nitrogens with two attached hydrogens (primary N) is 1. The molecule has 0 aliphatic heterocycles. The molecule has 1 heterocycles. The average Bonchev–Trinajstić information content (AvgIpc) is 2.63. The molecule has 5 nitrogen and oxygen atoms in total. The van der Waals surface area contributed by atoms with Crippen LogP contribution in [0.5, 0.6) is 0 Å². The van der Waals surface area contributed by atoms with E-state index in [2.05, 4.69) is 10.4 Å². The molecule has 0 bridgehead atoms. The lowest BCUT2D eigenvalue weighted by Gasteiger charge is -2.05. The fraction of sp³-hybridized carbons (Fsp3) is 0.0909. The van der Waals surface area contributed by atoms with Gasteiger partial charge < -0.3 is 11.1 Å². The summed E-state index contributed by atoms with van der Waals surface area (Å²) in [6.07, 6.45) is 1.70. The van der Waals surface area contributed by atoms with Crippen LogP contribution in [0.25, 0.3) is 0 Å². The SMILES string of the molecule is Cn1ccc(NC(=O)c2ccc(F)cc2N)n1. The fourth-order valence-corrected chi connectivity index (χ4v) is 1.41. The van der Waals surface area contributed by atoms with Crippen LogP contribution >= 0.6 is 0 Å². The first-order valence-electron chi connectivity index (χ1n) is 4.92. The van der Waals surface area contributed by atoms with Gasteiger partial charge in [-0.05, 0) is 18.2 Å². The summed E-state index contributed by atoms with van der Waals surface area (Å²) in [5.41, 5.74) is 5.87. The first kappa shape index (κ1) is 11.1. The molecule has 2 aromatic rings. The van der Waals surface area contributed by atoms with Crippen LogP contribution in [0.4, 0.5) is 15.9 Å². The number of nitrogens with zero attached hydrogens (tertiary/aromatic N) is 2. The highest BCUT2D eigenvalue weighted by molar-refractivity contribution is 6.07. The number of nitrogens with one attached hydrogen (secondary N) is 1. The second-order valence-corrected chi connectivity index (χ2v) is 3.56. The fourth-order valence-electron chi connectivity index (χ4n) is 1.41. The van der Waals surface area contributed by atoms with Gasteiger partial charge in [-0.25, -0.2) is 4.39 Å². The quantitative estimate of drug-likeness (QED) is 0.771. The normalized spacial score (nSPS) is 10.2. The molecule has 1 aromatic carbocycles. The lowest BCUT2D eigenvalue weighted by Crippen LogP contribution is -2.14. The maximum atomic E-state index is 12.8. The maximum Gasteiger partial charge on any atom is 0.258 e. The molecular formula is C11H11FN4O. The van der Waals surface area contributed by atoms with E-state index in [-0.39, 0.29) is 11.3 Å². The Hall–Kier alpha value is -2.37. The number of nitrogen functional groups attached to an aromatic ring is 1. The minimum Gasteiger partial charge on any atom is -0.398 e. The van der Waals surface area contributed by atoms with Crippen LogP contribution in [0.3, 0.4) is 0 Å². The summed E-state index contributed by atoms with van der Waals surface area (Å²) in [4.78, 5) is 11.8. The van der Waals surface area contributed by atoms with Crippen molar-refractivity contribution in [1.82, 2.24) is 9.78 Å². The summed E-state index contributed by atoms with van der Waals surface area (Å²) in [7, 11) is 1.74. The molecule has 0 spiro atoms. The summed E-state index contributed by atoms with van der Waals surface area (Å²) in [5.74, 6) is -0.473. The second kappa shape index (κ2) is 4.25. The van der Waals surface area contributed by atoms with E-state index in [1.807, 2.05) is 0 Å². The number of hydrogen-bond acceptors (Lipinski definition) is 3. The molecule has 0 unspecified atom stereocenters. The number of carbonyl (C=O) groups excluding carboxylic acids is 1. The van der Waals surface area contributed by atoms with Gasteiger partial charge in [0.15, 0.2) is 5.82 Å². The van der Waals surface area contributed by atoms with E-state index in [0.29, 0.717) is 5.82 Å². The number of anilines is 2. The first-order chi connectivity index (χ1) is 8.06. The van der Waals surface area contributed by atoms with E-state index < -0.39 is 11.7 Å². The summed E-state index contributed by atoms with van der Waals surface area (Å²) in [6.45, 7) is 0. The number of aromatic nitrogens is 2. The molecule has 0 saturated carbocycles. The molecule has 6 heteroatoms. The average molecular weight is 234 g/mol. The van der Waals surface area contributed by atoms with Crippen LogP contribution in [0, 0.1) is 5.82 Å². The molecule has 1 amide bonds. The molecule has 3 N–H and O–H groups in total. The Kier molecular flexibility index (Phi) is 2.78. The Labute approximate surface area is 97.0 Å². The lowest BCUT2D eigenvalue weighted by atomic mass is 10.1. The Bertz CT molecular complexity index is 564. The van der Waals surface area contributed by atoms with Crippen LogP contribution < -0.4 is 11.1 Å². The van der Waals surface area contributed by atoms with Gasteiger partial charge in [-0.1, -0.05) is 0 Å². The van der Waals surface area contributed by atoms with E-state index >= 15 is 0 Å². The number of rotatable bonds is 2. The van der Waals surface area contributed by atoms with E-state index in [1.165, 1.54) is 12.1 Å². The molecule has 0 fully saturated rings. The van der Waals surface area contributed by atoms with Crippen molar-refractivity contribution in [3.8, 4) is 0 Å². The molecule has 2 rings (SSSR count). The zero-order valence-corrected chi connectivity index (χ0v) is 9.14. The van der Waals surface area contributed by atoms with E-state index in [0.717, 1.165) is 6.07 Å². The third-order valence-corrected chi connectivity index (χ3v) is 2.21. The molecule has 17 heavy (non-hydrogen) atoms. The van der Waals surface area contributed by atoms with Gasteiger partial charge in [0.1, 0.15) is 5.82 Å². The number of halogens is 1. The van der Waals surface area contributed by atoms with Crippen LogP contribution in [0.2, 0.25) is 0 Å². The highest BCUT2D eigenvalue weighted by atomic mass is 19.1. The summed E-state index contributed by atoms with van der Waals surface area (Å²) < 4.78 is 14.4. The molecule has 0 aliphatic carbocycles. The largest absolute Gasteiger partial charge is 0.398 e. The van der Waals surface area contributed by atoms with E-state index in [1.54, 1.807) is 24.0 Å². The lowest BCUT2D eigenvalue weighted by molar-refractivity contribution is 0.102. The Morgan fingerprint density at radius 3 is 2.82 bits per heavy atom. The van der Waals surface area contributed by atoms with Crippen molar-refractivity contribution in [1.29, 1.82) is 0 Å². The minimum absolute atomic E-state index is 0.0958. The zero-order valence-electron chi connectivity index (χ0n) is 9.14. The van der Waals surface area contributed by atoms with Gasteiger partial charge in [0, 0.05) is 25.0 Å². The van der Waals surface area contributed by atoms with E-state index in [4.69, 9.17) is 5.73 Å². The molecular weight excluding hydrogens is 223 g/mol. The third kappa shape index (κ3) is 2.41. The molecule has 0 saturated heterocycles. The zero-order chi connectivity index (χ0) is 12.4. The number of amides is 1. The number of benzene rings is 1. The Morgan fingerprint density at radius 1 is 1.47 bits per heavy atom. The van der Waals surface area contributed by atoms with Crippen LogP contribution in [0.15, 0.2) is 30.5 Å². The third-order valence-electron chi connectivity index (χ3n) is 2.21. The van der Waals surface area contributed by atoms with Crippen LogP contribution in [-0.4, -0.2) is 15.7 Å². The molecule has 0 radical (unpaired) electrons. The van der Waals surface area contributed by atoms with E-state index in [9.17, 15) is 9.18 Å². The maximum absolute atomic E-state index is 12.8. The molecule has 1 aromatic heterocycles. The van der Waals surface area contributed by atoms with Crippen molar-refractivity contribution in [2.24, 2.45) is 7.05 Å². The van der Waals surface area contributed by atoms with Crippen molar-refractivity contribution in [2.45, 2.75) is 0 Å². The molecule has 88 valence electrons. The number of aryl methyl sites for hydroxylation is 1. The van der Waals surface area contributed by atoms with Crippen LogP contribution in [0.1, 0.15) is 10.4 Å². The van der Waals surface area contributed by atoms with Gasteiger partial charge in [0.05, 0.1) is 5.56 Å². The highest BCUT2D eigenvalue weighted by Crippen LogP contribution is 2.15. The number of hydrogen-bond donors (Lipinski definition) is 2. The van der Waals surface area contributed by atoms with Gasteiger partial charge in [0.2, 0.25) is 0 Å². The van der Waals surface area contributed by atoms with Crippen molar-refractivity contribution >= 4 is 17.4 Å². The highest BCUT2D eigenvalue weighted by Gasteiger charge is 2.11. The van der Waals surface area contributed by atoms with Gasteiger partial charge in [-0.3, -0.25) is 9.48 Å². The summed E-state index contributed by atoms with van der Waals surface area (Å²) in [6, 6.07) is 5.28. The standard InChI is InChI=1S/C11H11FN4O/c1-16-5-4-10(15-16)14-11(17)8-3-2-7(12)6-9(8)13/h2-6H,13H2,1H3,(H,14,15,17). The van der Waals surface area contributed by atoms with Gasteiger partial charge in [-0.15, -0.1) is 0 Å². The van der Waals surface area contributed by atoms with Crippen LogP contribution in [-0.2, 0) is 7.05 Å². The Morgan fingerprint density at radius 2 is 2.24 bits per heavy atom. The van der Waals surface area contributed by atoms with Gasteiger partial charge in [-0.2, -0.15) is 5.10 Å². The smallest absolute Gasteiger partial charge is 0.258 e. The first-order valence-corrected chi connectivity index (χ1v) is 4.92. The number of carbonyl (C=O) groups is 1. The minimum atomic E-state index is -0.475.